The van der Waals surface area contributed by atoms with E-state index in [1.165, 1.54) is 0 Å². The topological polar surface area (TPSA) is 75.7 Å². The quantitative estimate of drug-likeness (QED) is 0.837. The molecular weight excluding hydrogens is 272 g/mol. The molecule has 1 N–H and O–H groups in total. The molecule has 6 nitrogen and oxygen atoms in total. The first-order valence-corrected chi connectivity index (χ1v) is 7.19. The zero-order chi connectivity index (χ0) is 14.8. The first-order valence-electron chi connectivity index (χ1n) is 7.19. The van der Waals surface area contributed by atoms with Gasteiger partial charge in [0.05, 0.1) is 11.9 Å². The number of carboxylic acids is 1. The van der Waals surface area contributed by atoms with Gasteiger partial charge in [0.15, 0.2) is 5.58 Å². The van der Waals surface area contributed by atoms with Crippen molar-refractivity contribution in [2.75, 3.05) is 13.1 Å². The zero-order valence-corrected chi connectivity index (χ0v) is 11.7. The van der Waals surface area contributed by atoms with Gasteiger partial charge in [-0.1, -0.05) is 12.1 Å². The van der Waals surface area contributed by atoms with Crippen molar-refractivity contribution in [1.29, 1.82) is 0 Å². The van der Waals surface area contributed by atoms with E-state index in [2.05, 4.69) is 4.90 Å². The van der Waals surface area contributed by atoms with E-state index in [1.807, 2.05) is 18.2 Å². The fourth-order valence-electron chi connectivity index (χ4n) is 2.61. The molecule has 112 valence electrons. The Hall–Kier alpha value is -2.08. The molecule has 1 heterocycles. The van der Waals surface area contributed by atoms with Gasteiger partial charge >= 0.3 is 11.7 Å². The average Bonchev–Trinajstić information content (AvgIpc) is 3.23. The molecule has 1 aromatic heterocycles. The highest BCUT2D eigenvalue weighted by atomic mass is 16.4. The summed E-state index contributed by atoms with van der Waals surface area (Å²) in [4.78, 5) is 24.8. The van der Waals surface area contributed by atoms with Crippen LogP contribution in [-0.2, 0) is 11.3 Å². The van der Waals surface area contributed by atoms with Crippen LogP contribution >= 0.6 is 0 Å². The zero-order valence-electron chi connectivity index (χ0n) is 11.7. The number of hydrogen-bond acceptors (Lipinski definition) is 4. The van der Waals surface area contributed by atoms with Crippen LogP contribution in [-0.4, -0.2) is 39.7 Å². The second-order valence-corrected chi connectivity index (χ2v) is 5.40. The molecule has 0 amide bonds. The van der Waals surface area contributed by atoms with Crippen molar-refractivity contribution in [3.8, 4) is 0 Å². The van der Waals surface area contributed by atoms with Crippen LogP contribution in [0, 0.1) is 0 Å². The van der Waals surface area contributed by atoms with Crippen LogP contribution in [0.3, 0.4) is 0 Å². The van der Waals surface area contributed by atoms with Gasteiger partial charge in [-0.15, -0.1) is 0 Å². The lowest BCUT2D eigenvalue weighted by molar-refractivity contribution is -0.137. The monoisotopic (exact) mass is 290 g/mol. The first kappa shape index (κ1) is 13.9. The summed E-state index contributed by atoms with van der Waals surface area (Å²) in [5.74, 6) is -1.14. The molecule has 0 radical (unpaired) electrons. The molecule has 0 saturated heterocycles. The number of aliphatic carboxylic acids is 1. The minimum atomic E-state index is -0.786. The lowest BCUT2D eigenvalue weighted by Gasteiger charge is -2.20. The summed E-state index contributed by atoms with van der Waals surface area (Å²) in [7, 11) is 0. The van der Waals surface area contributed by atoms with Crippen molar-refractivity contribution in [2.24, 2.45) is 0 Å². The molecule has 1 aliphatic carbocycles. The third-order valence-electron chi connectivity index (χ3n) is 3.86. The van der Waals surface area contributed by atoms with E-state index in [9.17, 15) is 9.59 Å². The Bertz CT molecular complexity index is 699. The number of aromatic nitrogens is 1. The van der Waals surface area contributed by atoms with E-state index in [0.29, 0.717) is 31.3 Å². The van der Waals surface area contributed by atoms with E-state index in [0.717, 1.165) is 18.4 Å². The molecule has 6 heteroatoms. The molecule has 0 spiro atoms. The third-order valence-corrected chi connectivity index (χ3v) is 3.86. The highest BCUT2D eigenvalue weighted by Crippen LogP contribution is 2.26. The fraction of sp³-hybridized carbons (Fsp3) is 0.467. The number of carbonyl (C=O) groups is 1. The molecule has 0 atom stereocenters. The summed E-state index contributed by atoms with van der Waals surface area (Å²) in [6.45, 7) is 1.72. The summed E-state index contributed by atoms with van der Waals surface area (Å²) in [5, 5.41) is 8.81. The number of carboxylic acid groups (broad SMARTS) is 1. The molecule has 3 rings (SSSR count). The van der Waals surface area contributed by atoms with Crippen LogP contribution in [0.4, 0.5) is 0 Å². The van der Waals surface area contributed by atoms with E-state index in [-0.39, 0.29) is 12.2 Å². The number of nitrogens with zero attached hydrogens (tertiary/aromatic N) is 2. The molecule has 2 aromatic rings. The van der Waals surface area contributed by atoms with Crippen LogP contribution in [0.15, 0.2) is 33.5 Å². The summed E-state index contributed by atoms with van der Waals surface area (Å²) >= 11 is 0. The van der Waals surface area contributed by atoms with Crippen molar-refractivity contribution in [2.45, 2.75) is 31.8 Å². The second kappa shape index (κ2) is 5.73. The number of hydrogen-bond donors (Lipinski definition) is 1. The third kappa shape index (κ3) is 3.16. The van der Waals surface area contributed by atoms with Crippen molar-refractivity contribution >= 4 is 17.1 Å². The highest BCUT2D eigenvalue weighted by Gasteiger charge is 2.29. The SMILES string of the molecule is O=C(O)CCN(CCn1c(=O)oc2ccccc21)C1CC1. The van der Waals surface area contributed by atoms with Crippen molar-refractivity contribution in [3.63, 3.8) is 0 Å². The lowest BCUT2D eigenvalue weighted by Crippen LogP contribution is -2.33. The van der Waals surface area contributed by atoms with E-state index >= 15 is 0 Å². The van der Waals surface area contributed by atoms with Crippen LogP contribution in [0.2, 0.25) is 0 Å². The maximum atomic E-state index is 11.9. The van der Waals surface area contributed by atoms with Crippen molar-refractivity contribution in [3.05, 3.63) is 34.8 Å². The highest BCUT2D eigenvalue weighted by molar-refractivity contribution is 5.72. The minimum Gasteiger partial charge on any atom is -0.481 e. The van der Waals surface area contributed by atoms with Gasteiger partial charge in [-0.05, 0) is 25.0 Å². The Morgan fingerprint density at radius 2 is 2.10 bits per heavy atom. The Morgan fingerprint density at radius 1 is 1.33 bits per heavy atom. The molecule has 0 bridgehead atoms. The van der Waals surface area contributed by atoms with E-state index in [1.54, 1.807) is 10.6 Å². The molecule has 1 aliphatic rings. The Labute approximate surface area is 121 Å². The molecule has 0 aliphatic heterocycles. The largest absolute Gasteiger partial charge is 0.481 e. The van der Waals surface area contributed by atoms with Gasteiger partial charge in [-0.2, -0.15) is 0 Å². The average molecular weight is 290 g/mol. The number of oxazole rings is 1. The summed E-state index contributed by atoms with van der Waals surface area (Å²) in [5.41, 5.74) is 1.38. The predicted octanol–water partition coefficient (Wildman–Crippen LogP) is 1.53. The van der Waals surface area contributed by atoms with Gasteiger partial charge in [-0.3, -0.25) is 14.3 Å². The van der Waals surface area contributed by atoms with E-state index in [4.69, 9.17) is 9.52 Å². The summed E-state index contributed by atoms with van der Waals surface area (Å²) in [6.07, 6.45) is 2.36. The Morgan fingerprint density at radius 3 is 2.81 bits per heavy atom. The van der Waals surface area contributed by atoms with Crippen LogP contribution in [0.25, 0.3) is 11.1 Å². The number of para-hydroxylation sites is 2. The fourth-order valence-corrected chi connectivity index (χ4v) is 2.61. The smallest absolute Gasteiger partial charge is 0.419 e. The standard InChI is InChI=1S/C15H18N2O4/c18-14(19)7-8-16(11-5-6-11)9-10-17-12-3-1-2-4-13(12)21-15(17)20/h1-4,11H,5-10H2,(H,18,19). The van der Waals surface area contributed by atoms with E-state index < -0.39 is 5.97 Å². The van der Waals surface area contributed by atoms with Gasteiger partial charge in [-0.25, -0.2) is 4.79 Å². The Kier molecular flexibility index (Phi) is 3.79. The molecule has 1 fully saturated rings. The van der Waals surface area contributed by atoms with Gasteiger partial charge in [0.2, 0.25) is 0 Å². The molecule has 21 heavy (non-hydrogen) atoms. The normalized spacial score (nSPS) is 14.9. The molecular formula is C15H18N2O4. The molecule has 1 aromatic carbocycles. The maximum absolute atomic E-state index is 11.9. The lowest BCUT2D eigenvalue weighted by atomic mass is 10.3. The predicted molar refractivity (Wildman–Crippen MR) is 77.3 cm³/mol. The van der Waals surface area contributed by atoms with Crippen LogP contribution < -0.4 is 5.76 Å². The van der Waals surface area contributed by atoms with Gasteiger partial charge < -0.3 is 9.52 Å². The summed E-state index contributed by atoms with van der Waals surface area (Å²) < 4.78 is 6.82. The molecule has 1 saturated carbocycles. The van der Waals surface area contributed by atoms with Crippen LogP contribution in [0.1, 0.15) is 19.3 Å². The second-order valence-electron chi connectivity index (χ2n) is 5.40. The number of fused-ring (bicyclic) bond motifs is 1. The van der Waals surface area contributed by atoms with Crippen molar-refractivity contribution < 1.29 is 14.3 Å². The minimum absolute atomic E-state index is 0.136. The maximum Gasteiger partial charge on any atom is 0.419 e. The van der Waals surface area contributed by atoms with Gasteiger partial charge in [0.25, 0.3) is 0 Å². The van der Waals surface area contributed by atoms with Crippen LogP contribution in [0.5, 0.6) is 0 Å². The number of benzene rings is 1. The summed E-state index contributed by atoms with van der Waals surface area (Å²) in [6, 6.07) is 7.81. The first-order chi connectivity index (χ1) is 10.1. The number of rotatable bonds is 7. The van der Waals surface area contributed by atoms with Crippen molar-refractivity contribution in [1.82, 2.24) is 9.47 Å². The molecule has 0 unspecified atom stereocenters. The Balaban J connectivity index is 1.71. The van der Waals surface area contributed by atoms with Gasteiger partial charge in [0, 0.05) is 25.7 Å². The van der Waals surface area contributed by atoms with Gasteiger partial charge in [0.1, 0.15) is 0 Å².